The van der Waals surface area contributed by atoms with Crippen LogP contribution >= 0.6 is 0 Å². The Labute approximate surface area is 315 Å². The minimum Gasteiger partial charge on any atom is -0.491 e. The number of hydrogen-bond acceptors (Lipinski definition) is 20. The number of carbonyl (C=O) groups excluding carboxylic acids is 8. The average molecular weight is 779 g/mol. The molecule has 20 heteroatoms. The van der Waals surface area contributed by atoms with Gasteiger partial charge in [-0.25, -0.2) is 0 Å². The molecule has 0 aliphatic carbocycles. The maximum atomic E-state index is 12.5. The zero-order valence-electron chi connectivity index (χ0n) is 30.6. The first kappa shape index (κ1) is 44.6. The fourth-order valence-electron chi connectivity index (χ4n) is 4.08. The van der Waals surface area contributed by atoms with Crippen LogP contribution in [0.15, 0.2) is 48.5 Å². The SMILES string of the molecule is CC(=O)OCOC(=O)CN(CC(=O)OCOC(C)=O)c1ccccc1OCCCOc1ccccc1N(CC(=O)OCOC(C)=O)CC(=O)OCOC(C)=O. The highest BCUT2D eigenvalue weighted by atomic mass is 16.7. The molecule has 2 rings (SSSR count). The monoisotopic (exact) mass is 778 g/mol. The molecule has 300 valence electrons. The van der Waals surface area contributed by atoms with Gasteiger partial charge in [0.2, 0.25) is 27.2 Å². The minimum absolute atomic E-state index is 0.0650. The first-order valence-corrected chi connectivity index (χ1v) is 16.3. The van der Waals surface area contributed by atoms with Gasteiger partial charge in [0, 0.05) is 34.1 Å². The summed E-state index contributed by atoms with van der Waals surface area (Å²) in [6.45, 7) is 0.148. The predicted octanol–water partition coefficient (Wildman–Crippen LogP) is 1.40. The van der Waals surface area contributed by atoms with Crippen molar-refractivity contribution in [2.75, 3.05) is 76.4 Å². The average Bonchev–Trinajstić information content (AvgIpc) is 3.10. The number of benzene rings is 2. The topological polar surface area (TPSA) is 235 Å². The lowest BCUT2D eigenvalue weighted by molar-refractivity contribution is -0.167. The summed E-state index contributed by atoms with van der Waals surface area (Å²) < 4.78 is 50.2. The number of hydrogen-bond donors (Lipinski definition) is 0. The van der Waals surface area contributed by atoms with Crippen LogP contribution in [0, 0.1) is 0 Å². The van der Waals surface area contributed by atoms with Crippen molar-refractivity contribution in [3.63, 3.8) is 0 Å². The number of esters is 8. The van der Waals surface area contributed by atoms with E-state index in [-0.39, 0.29) is 31.1 Å². The van der Waals surface area contributed by atoms with E-state index < -0.39 is 101 Å². The summed E-state index contributed by atoms with van der Waals surface area (Å²) >= 11 is 0. The van der Waals surface area contributed by atoms with Crippen LogP contribution in [0.4, 0.5) is 11.4 Å². The molecule has 0 aliphatic rings. The Morgan fingerprint density at radius 3 is 0.964 bits per heavy atom. The maximum absolute atomic E-state index is 12.5. The van der Waals surface area contributed by atoms with E-state index in [1.165, 1.54) is 9.80 Å². The van der Waals surface area contributed by atoms with Gasteiger partial charge in [0.25, 0.3) is 0 Å². The van der Waals surface area contributed by atoms with Crippen molar-refractivity contribution < 1.29 is 85.7 Å². The van der Waals surface area contributed by atoms with Crippen molar-refractivity contribution in [2.24, 2.45) is 0 Å². The van der Waals surface area contributed by atoms with Crippen LogP contribution in [-0.4, -0.2) is 114 Å². The lowest BCUT2D eigenvalue weighted by Gasteiger charge is -2.25. The maximum Gasteiger partial charge on any atom is 0.328 e. The van der Waals surface area contributed by atoms with Gasteiger partial charge < -0.3 is 57.2 Å². The molecule has 0 heterocycles. The first-order valence-electron chi connectivity index (χ1n) is 16.3. The second-order valence-electron chi connectivity index (χ2n) is 10.8. The molecule has 0 fully saturated rings. The molecule has 2 aromatic carbocycles. The number of rotatable bonds is 24. The summed E-state index contributed by atoms with van der Waals surface area (Å²) in [6.07, 6.45) is 0.284. The fraction of sp³-hybridized carbons (Fsp3) is 0.429. The Kier molecular flexibility index (Phi) is 19.9. The number of carbonyl (C=O) groups is 8. The Morgan fingerprint density at radius 1 is 0.418 bits per heavy atom. The third kappa shape index (κ3) is 19.2. The highest BCUT2D eigenvalue weighted by Crippen LogP contribution is 2.30. The molecule has 0 aliphatic heterocycles. The fourth-order valence-corrected chi connectivity index (χ4v) is 4.08. The van der Waals surface area contributed by atoms with E-state index in [1.54, 1.807) is 48.5 Å². The summed E-state index contributed by atoms with van der Waals surface area (Å²) in [5.74, 6) is -5.55. The minimum atomic E-state index is -0.847. The van der Waals surface area contributed by atoms with E-state index in [0.29, 0.717) is 11.4 Å². The third-order valence-electron chi connectivity index (χ3n) is 6.42. The molecule has 0 spiro atoms. The van der Waals surface area contributed by atoms with E-state index >= 15 is 0 Å². The smallest absolute Gasteiger partial charge is 0.328 e. The van der Waals surface area contributed by atoms with Crippen LogP contribution in [0.1, 0.15) is 34.1 Å². The molecule has 0 saturated carbocycles. The molecule has 55 heavy (non-hydrogen) atoms. The van der Waals surface area contributed by atoms with Crippen molar-refractivity contribution in [3.8, 4) is 11.5 Å². The van der Waals surface area contributed by atoms with E-state index in [9.17, 15) is 38.4 Å². The molecular formula is C35H42N2O18. The normalized spacial score (nSPS) is 10.1. The lowest BCUT2D eigenvalue weighted by atomic mass is 10.2. The highest BCUT2D eigenvalue weighted by Gasteiger charge is 2.23. The van der Waals surface area contributed by atoms with Crippen LogP contribution in [-0.2, 0) is 76.3 Å². The summed E-state index contributed by atoms with van der Waals surface area (Å²) in [7, 11) is 0. The van der Waals surface area contributed by atoms with Crippen molar-refractivity contribution in [1.82, 2.24) is 0 Å². The highest BCUT2D eigenvalue weighted by molar-refractivity contribution is 5.84. The van der Waals surface area contributed by atoms with Crippen molar-refractivity contribution in [1.29, 1.82) is 0 Å². The summed E-state index contributed by atoms with van der Waals surface area (Å²) in [4.78, 5) is 97.0. The molecule has 2 aromatic rings. The van der Waals surface area contributed by atoms with Gasteiger partial charge in [-0.15, -0.1) is 0 Å². The second-order valence-corrected chi connectivity index (χ2v) is 10.8. The van der Waals surface area contributed by atoms with Gasteiger partial charge >= 0.3 is 47.8 Å². The summed E-state index contributed by atoms with van der Waals surface area (Å²) in [5.41, 5.74) is 0.582. The van der Waals surface area contributed by atoms with Crippen LogP contribution in [0.2, 0.25) is 0 Å². The number of para-hydroxylation sites is 4. The number of nitrogens with zero attached hydrogens (tertiary/aromatic N) is 2. The molecule has 0 N–H and O–H groups in total. The molecule has 0 bridgehead atoms. The van der Waals surface area contributed by atoms with Gasteiger partial charge in [-0.2, -0.15) is 0 Å². The van der Waals surface area contributed by atoms with Crippen molar-refractivity contribution in [3.05, 3.63) is 48.5 Å². The zero-order chi connectivity index (χ0) is 40.6. The third-order valence-corrected chi connectivity index (χ3v) is 6.42. The summed E-state index contributed by atoms with van der Waals surface area (Å²) in [6, 6.07) is 12.9. The largest absolute Gasteiger partial charge is 0.491 e. The van der Waals surface area contributed by atoms with E-state index in [2.05, 4.69) is 18.9 Å². The van der Waals surface area contributed by atoms with Gasteiger partial charge in [0.05, 0.1) is 24.6 Å². The quantitative estimate of drug-likeness (QED) is 0.0634. The van der Waals surface area contributed by atoms with Crippen molar-refractivity contribution in [2.45, 2.75) is 34.1 Å². The molecule has 0 aromatic heterocycles. The first-order chi connectivity index (χ1) is 26.2. The lowest BCUT2D eigenvalue weighted by Crippen LogP contribution is -2.37. The van der Waals surface area contributed by atoms with E-state index in [1.807, 2.05) is 0 Å². The van der Waals surface area contributed by atoms with Crippen LogP contribution in [0.3, 0.4) is 0 Å². The van der Waals surface area contributed by atoms with E-state index in [4.69, 9.17) is 28.4 Å². The number of ether oxygens (including phenoxy) is 10. The van der Waals surface area contributed by atoms with Gasteiger partial charge in [-0.05, 0) is 24.3 Å². The second kappa shape index (κ2) is 24.6. The predicted molar refractivity (Wildman–Crippen MR) is 184 cm³/mol. The molecule has 0 saturated heterocycles. The van der Waals surface area contributed by atoms with Gasteiger partial charge in [0.1, 0.15) is 37.7 Å². The van der Waals surface area contributed by atoms with Crippen LogP contribution < -0.4 is 19.3 Å². The van der Waals surface area contributed by atoms with Crippen LogP contribution in [0.25, 0.3) is 0 Å². The summed E-state index contributed by atoms with van der Waals surface area (Å²) in [5, 5.41) is 0. The van der Waals surface area contributed by atoms with Gasteiger partial charge in [-0.1, -0.05) is 24.3 Å². The standard InChI is InChI=1S/C35H42N2O18/c1-24(38)48-20-52-32(42)16-36(17-33(43)53-21-49-25(2)39)28-10-5-7-12-30(28)46-14-9-15-47-31-13-8-6-11-29(31)37(18-34(44)54-22-50-26(3)40)19-35(45)55-23-51-27(4)41/h5-8,10-13H,9,14-23H2,1-4H3. The van der Waals surface area contributed by atoms with E-state index in [0.717, 1.165) is 27.7 Å². The Morgan fingerprint density at radius 2 is 0.691 bits per heavy atom. The van der Waals surface area contributed by atoms with Crippen molar-refractivity contribution >= 4 is 59.1 Å². The molecule has 0 amide bonds. The van der Waals surface area contributed by atoms with Gasteiger partial charge in [-0.3, -0.25) is 38.4 Å². The molecule has 0 unspecified atom stereocenters. The Balaban J connectivity index is 2.13. The molecule has 20 nitrogen and oxygen atoms in total. The van der Waals surface area contributed by atoms with Crippen LogP contribution in [0.5, 0.6) is 11.5 Å². The molecular weight excluding hydrogens is 736 g/mol. The molecule has 0 atom stereocenters. The zero-order valence-corrected chi connectivity index (χ0v) is 30.6. The number of anilines is 2. The molecule has 0 radical (unpaired) electrons. The Bertz CT molecular complexity index is 1440. The Hall–Kier alpha value is -6.60. The van der Waals surface area contributed by atoms with Gasteiger partial charge in [0.15, 0.2) is 0 Å².